The van der Waals surface area contributed by atoms with Crippen LogP contribution in [0, 0.1) is 5.92 Å². The molecule has 0 radical (unpaired) electrons. The minimum absolute atomic E-state index is 0.0467. The molecule has 214 valence electrons. The quantitative estimate of drug-likeness (QED) is 0.321. The Kier molecular flexibility index (Phi) is 7.29. The second-order valence-corrected chi connectivity index (χ2v) is 10.3. The number of pyridine rings is 1. The van der Waals surface area contributed by atoms with E-state index in [4.69, 9.17) is 11.6 Å². The van der Waals surface area contributed by atoms with Crippen molar-refractivity contribution in [3.05, 3.63) is 82.5 Å². The maximum absolute atomic E-state index is 13.9. The van der Waals surface area contributed by atoms with Crippen LogP contribution in [0.5, 0.6) is 0 Å². The third-order valence-electron chi connectivity index (χ3n) is 7.20. The molecule has 0 fully saturated rings. The van der Waals surface area contributed by atoms with Crippen LogP contribution >= 0.6 is 11.6 Å². The number of hydrogen-bond acceptors (Lipinski definition) is 8. The van der Waals surface area contributed by atoms with Crippen molar-refractivity contribution < 1.29 is 13.6 Å². The van der Waals surface area contributed by atoms with Gasteiger partial charge in [-0.3, -0.25) is 19.1 Å². The van der Waals surface area contributed by atoms with Crippen molar-refractivity contribution in [1.29, 1.82) is 0 Å². The van der Waals surface area contributed by atoms with E-state index in [9.17, 15) is 18.4 Å². The summed E-state index contributed by atoms with van der Waals surface area (Å²) in [6.45, 7) is -1.17. The Morgan fingerprint density at radius 1 is 1.07 bits per heavy atom. The molecule has 12 nitrogen and oxygen atoms in total. The van der Waals surface area contributed by atoms with E-state index in [1.165, 1.54) is 40.4 Å². The molecule has 0 saturated carbocycles. The highest BCUT2D eigenvalue weighted by Crippen LogP contribution is 2.35. The molecule has 42 heavy (non-hydrogen) atoms. The van der Waals surface area contributed by atoms with Crippen LogP contribution in [0.2, 0.25) is 5.02 Å². The van der Waals surface area contributed by atoms with Gasteiger partial charge in [0.05, 0.1) is 47.0 Å². The largest absolute Gasteiger partial charge is 0.333 e. The maximum atomic E-state index is 13.9. The lowest BCUT2D eigenvalue weighted by Gasteiger charge is -2.22. The van der Waals surface area contributed by atoms with Gasteiger partial charge in [0.15, 0.2) is 0 Å². The van der Waals surface area contributed by atoms with Gasteiger partial charge >= 0.3 is 6.55 Å². The highest BCUT2D eigenvalue weighted by Gasteiger charge is 2.26. The number of carbonyl (C=O) groups is 1. The van der Waals surface area contributed by atoms with E-state index in [1.807, 2.05) is 0 Å². The smallest absolute Gasteiger partial charge is 0.323 e. The Bertz CT molecular complexity index is 1820. The molecule has 1 aliphatic heterocycles. The zero-order valence-electron chi connectivity index (χ0n) is 22.1. The number of fused-ring (bicyclic) bond motifs is 4. The van der Waals surface area contributed by atoms with E-state index in [-0.39, 0.29) is 22.8 Å². The van der Waals surface area contributed by atoms with Gasteiger partial charge in [-0.1, -0.05) is 24.9 Å². The van der Waals surface area contributed by atoms with Crippen molar-refractivity contribution in [3.8, 4) is 28.2 Å². The van der Waals surface area contributed by atoms with Crippen LogP contribution in [-0.4, -0.2) is 50.4 Å². The molecule has 2 bridgehead atoms. The first-order valence-corrected chi connectivity index (χ1v) is 13.4. The molecule has 1 N–H and O–H groups in total. The van der Waals surface area contributed by atoms with Gasteiger partial charge in [0, 0.05) is 34.3 Å². The van der Waals surface area contributed by atoms with E-state index in [0.29, 0.717) is 57.2 Å². The topological polar surface area (TPSA) is 138 Å². The number of aromatic nitrogens is 9. The molecule has 0 aliphatic carbocycles. The first kappa shape index (κ1) is 27.3. The summed E-state index contributed by atoms with van der Waals surface area (Å²) in [6.07, 6.45) is 7.07. The van der Waals surface area contributed by atoms with Gasteiger partial charge in [-0.05, 0) is 53.6 Å². The summed E-state index contributed by atoms with van der Waals surface area (Å²) in [7, 11) is 0. The summed E-state index contributed by atoms with van der Waals surface area (Å²) in [5, 5.41) is 18.3. The predicted octanol–water partition coefficient (Wildman–Crippen LogP) is 4.54. The van der Waals surface area contributed by atoms with Crippen LogP contribution < -0.4 is 10.9 Å². The van der Waals surface area contributed by atoms with Crippen LogP contribution in [0.25, 0.3) is 28.2 Å². The summed E-state index contributed by atoms with van der Waals surface area (Å²) in [5.41, 5.74) is 2.18. The highest BCUT2D eigenvalue weighted by atomic mass is 35.5. The third kappa shape index (κ3) is 5.16. The van der Waals surface area contributed by atoms with Gasteiger partial charge in [-0.15, -0.1) is 5.10 Å². The monoisotopic (exact) mass is 592 g/mol. The molecule has 2 unspecified atom stereocenters. The molecule has 1 amide bonds. The second kappa shape index (κ2) is 11.2. The number of nitrogens with zero attached hydrogens (tertiary/aromatic N) is 9. The summed E-state index contributed by atoms with van der Waals surface area (Å²) in [4.78, 5) is 35.6. The van der Waals surface area contributed by atoms with E-state index >= 15 is 0 Å². The van der Waals surface area contributed by atoms with Crippen molar-refractivity contribution in [3.63, 3.8) is 0 Å². The molecule has 0 spiro atoms. The zero-order valence-corrected chi connectivity index (χ0v) is 22.9. The molecule has 4 aromatic heterocycles. The van der Waals surface area contributed by atoms with E-state index in [0.717, 1.165) is 0 Å². The molecule has 2 atom stereocenters. The Balaban J connectivity index is 1.45. The molecule has 5 aromatic rings. The fourth-order valence-electron chi connectivity index (χ4n) is 5.08. The molecule has 5 heterocycles. The number of carbonyl (C=O) groups excluding carboxylic acids is 1. The lowest BCUT2D eigenvalue weighted by atomic mass is 9.97. The highest BCUT2D eigenvalue weighted by molar-refractivity contribution is 6.31. The first-order chi connectivity index (χ1) is 20.3. The van der Waals surface area contributed by atoms with Gasteiger partial charge in [-0.25, -0.2) is 9.67 Å². The third-order valence-corrected chi connectivity index (χ3v) is 7.43. The standard InChI is InChI=1S/C27H23ClF2N10O2/c1-15-3-2-4-23(20-9-16(7-8-31-20)25-21(35-26(15)42)12-34-40(25)27(29)30)38-13-32-19(11-24(38)41)18-10-17(28)5-6-22(18)39-14-33-36-37-39/h5-15,23,27H,2-4H2,1H3,(H,35,42). The van der Waals surface area contributed by atoms with Crippen LogP contribution in [0.3, 0.4) is 0 Å². The Hall–Kier alpha value is -4.85. The fraction of sp³-hybridized carbons (Fsp3) is 0.259. The number of alkyl halides is 2. The Morgan fingerprint density at radius 3 is 2.69 bits per heavy atom. The minimum atomic E-state index is -2.94. The Morgan fingerprint density at radius 2 is 1.93 bits per heavy atom. The second-order valence-electron chi connectivity index (χ2n) is 9.87. The van der Waals surface area contributed by atoms with Crippen molar-refractivity contribution >= 4 is 23.2 Å². The number of benzene rings is 1. The number of hydrogen-bond donors (Lipinski definition) is 1. The fourth-order valence-corrected chi connectivity index (χ4v) is 5.25. The van der Waals surface area contributed by atoms with Crippen molar-refractivity contribution in [1.82, 2.24) is 44.5 Å². The van der Waals surface area contributed by atoms with Crippen molar-refractivity contribution in [2.24, 2.45) is 5.92 Å². The van der Waals surface area contributed by atoms with Gasteiger partial charge < -0.3 is 5.32 Å². The number of anilines is 1. The molecule has 1 aliphatic rings. The van der Waals surface area contributed by atoms with Crippen LogP contribution in [-0.2, 0) is 4.79 Å². The van der Waals surface area contributed by atoms with Crippen LogP contribution in [0.4, 0.5) is 14.5 Å². The summed E-state index contributed by atoms with van der Waals surface area (Å²) < 4.78 is 31.2. The number of tetrazole rings is 1. The van der Waals surface area contributed by atoms with Gasteiger partial charge in [0.1, 0.15) is 6.33 Å². The molecule has 15 heteroatoms. The predicted molar refractivity (Wildman–Crippen MR) is 148 cm³/mol. The lowest BCUT2D eigenvalue weighted by Crippen LogP contribution is -2.27. The van der Waals surface area contributed by atoms with E-state index in [1.54, 1.807) is 37.3 Å². The van der Waals surface area contributed by atoms with Crippen molar-refractivity contribution in [2.45, 2.75) is 38.8 Å². The molecular weight excluding hydrogens is 570 g/mol. The number of nitrogens with one attached hydrogen (secondary N) is 1. The zero-order chi connectivity index (χ0) is 29.4. The molecular formula is C27H23ClF2N10O2. The molecule has 6 rings (SSSR count). The average Bonchev–Trinajstić information content (AvgIpc) is 3.66. The summed E-state index contributed by atoms with van der Waals surface area (Å²) in [6, 6.07) is 9.07. The van der Waals surface area contributed by atoms with E-state index < -0.39 is 18.5 Å². The number of halogens is 3. The van der Waals surface area contributed by atoms with E-state index in [2.05, 4.69) is 35.9 Å². The van der Waals surface area contributed by atoms with Gasteiger partial charge in [0.2, 0.25) is 5.91 Å². The number of rotatable bonds is 4. The van der Waals surface area contributed by atoms with Crippen LogP contribution in [0.1, 0.15) is 44.5 Å². The van der Waals surface area contributed by atoms with Crippen molar-refractivity contribution in [2.75, 3.05) is 5.32 Å². The first-order valence-electron chi connectivity index (χ1n) is 13.0. The minimum Gasteiger partial charge on any atom is -0.323 e. The average molecular weight is 593 g/mol. The lowest BCUT2D eigenvalue weighted by molar-refractivity contribution is -0.119. The summed E-state index contributed by atoms with van der Waals surface area (Å²) >= 11 is 6.26. The molecule has 1 aromatic carbocycles. The summed E-state index contributed by atoms with van der Waals surface area (Å²) in [5.74, 6) is -0.719. The van der Waals surface area contributed by atoms with Gasteiger partial charge in [0.25, 0.3) is 5.56 Å². The number of amides is 1. The van der Waals surface area contributed by atoms with Crippen LogP contribution in [0.15, 0.2) is 66.2 Å². The Labute approximate surface area is 242 Å². The normalized spacial score (nSPS) is 17.3. The SMILES string of the molecule is CC1CCCC(n2cnc(-c3cc(Cl)ccc3-n3cnnn3)cc2=O)c2cc(ccn2)-c2c(cnn2C(F)F)NC1=O. The van der Waals surface area contributed by atoms with Gasteiger partial charge in [-0.2, -0.15) is 18.6 Å². The molecule has 0 saturated heterocycles. The maximum Gasteiger partial charge on any atom is 0.333 e.